The molecule has 0 bridgehead atoms. The van der Waals surface area contributed by atoms with Gasteiger partial charge in [-0.25, -0.2) is 22.3 Å². The van der Waals surface area contributed by atoms with Gasteiger partial charge in [0, 0.05) is 25.5 Å². The first-order valence-electron chi connectivity index (χ1n) is 10.7. The van der Waals surface area contributed by atoms with E-state index < -0.39 is 26.0 Å². The molecule has 1 fully saturated rings. The number of hydrazone groups is 1. The monoisotopic (exact) mass is 549 g/mol. The molecule has 0 radical (unpaired) electrons. The second-order valence-corrected chi connectivity index (χ2v) is 12.4. The Kier molecular flexibility index (Phi) is 7.80. The van der Waals surface area contributed by atoms with E-state index in [1.54, 1.807) is 30.5 Å². The molecule has 11 nitrogen and oxygen atoms in total. The van der Waals surface area contributed by atoms with Gasteiger partial charge in [0.15, 0.2) is 0 Å². The number of ether oxygens (including phenoxy) is 1. The van der Waals surface area contributed by atoms with E-state index in [1.165, 1.54) is 41.0 Å². The van der Waals surface area contributed by atoms with Crippen LogP contribution in [0.2, 0.25) is 0 Å². The van der Waals surface area contributed by atoms with Crippen LogP contribution >= 0.6 is 11.3 Å². The molecule has 3 aromatic rings. The Balaban J connectivity index is 1.51. The molecule has 2 aromatic heterocycles. The number of nitrogens with zero attached hydrogens (tertiary/aromatic N) is 3. The number of anilines is 1. The zero-order valence-corrected chi connectivity index (χ0v) is 21.6. The minimum Gasteiger partial charge on any atom is -0.379 e. The molecule has 0 saturated carbocycles. The average Bonchev–Trinajstić information content (AvgIpc) is 3.44. The minimum absolute atomic E-state index is 0.0298. The van der Waals surface area contributed by atoms with E-state index in [0.29, 0.717) is 24.5 Å². The molecule has 190 valence electrons. The number of pyridine rings is 1. The Labute approximate surface area is 212 Å². The molecule has 1 amide bonds. The molecule has 36 heavy (non-hydrogen) atoms. The van der Waals surface area contributed by atoms with Crippen LogP contribution in [0, 0.1) is 0 Å². The third kappa shape index (κ3) is 5.79. The number of sulfonamides is 2. The van der Waals surface area contributed by atoms with Gasteiger partial charge in [-0.15, -0.1) is 11.3 Å². The number of nitrogens with one attached hydrogen (secondary N) is 2. The Bertz CT molecular complexity index is 1480. The zero-order chi connectivity index (χ0) is 25.8. The van der Waals surface area contributed by atoms with E-state index in [9.17, 15) is 21.6 Å². The molecule has 4 rings (SSSR count). The van der Waals surface area contributed by atoms with Gasteiger partial charge in [0.1, 0.15) is 4.21 Å². The summed E-state index contributed by atoms with van der Waals surface area (Å²) < 4.78 is 60.1. The van der Waals surface area contributed by atoms with Crippen LogP contribution in [0.1, 0.15) is 22.8 Å². The van der Waals surface area contributed by atoms with Gasteiger partial charge >= 0.3 is 0 Å². The maximum atomic E-state index is 12.9. The molecular weight excluding hydrogens is 526 g/mol. The molecule has 0 spiro atoms. The van der Waals surface area contributed by atoms with Crippen molar-refractivity contribution in [2.45, 2.75) is 16.0 Å². The molecule has 2 N–H and O–H groups in total. The summed E-state index contributed by atoms with van der Waals surface area (Å²) in [5, 5.41) is 5.71. The molecule has 1 saturated heterocycles. The van der Waals surface area contributed by atoms with Crippen LogP contribution in [-0.4, -0.2) is 64.0 Å². The third-order valence-corrected chi connectivity index (χ3v) is 9.91. The van der Waals surface area contributed by atoms with E-state index in [4.69, 9.17) is 4.74 Å². The summed E-state index contributed by atoms with van der Waals surface area (Å²) in [7, 11) is -7.57. The molecule has 1 aliphatic heterocycles. The van der Waals surface area contributed by atoms with Crippen molar-refractivity contribution >= 4 is 48.7 Å². The molecule has 3 heterocycles. The SMILES string of the molecule is CC(=NNC(=O)c1cnccc1NS(=O)(=O)c1cccs1)c1cccc(S(=O)(=O)N2CCOCC2)c1. The van der Waals surface area contributed by atoms with Crippen molar-refractivity contribution in [2.24, 2.45) is 5.10 Å². The van der Waals surface area contributed by atoms with E-state index in [0.717, 1.165) is 11.3 Å². The number of carbonyl (C=O) groups is 1. The van der Waals surface area contributed by atoms with Gasteiger partial charge in [0.25, 0.3) is 15.9 Å². The van der Waals surface area contributed by atoms with Crippen LogP contribution in [0.15, 0.2) is 74.4 Å². The summed E-state index contributed by atoms with van der Waals surface area (Å²) in [4.78, 5) is 16.8. The van der Waals surface area contributed by atoms with Crippen molar-refractivity contribution in [2.75, 3.05) is 31.0 Å². The highest BCUT2D eigenvalue weighted by atomic mass is 32.2. The lowest BCUT2D eigenvalue weighted by Gasteiger charge is -2.26. The van der Waals surface area contributed by atoms with Gasteiger partial charge in [-0.3, -0.25) is 14.5 Å². The van der Waals surface area contributed by atoms with Crippen LogP contribution in [0.5, 0.6) is 0 Å². The second kappa shape index (κ2) is 10.8. The number of aromatic nitrogens is 1. The fraction of sp³-hybridized carbons (Fsp3) is 0.227. The summed E-state index contributed by atoms with van der Waals surface area (Å²) in [6.45, 7) is 2.85. The Morgan fingerprint density at radius 3 is 2.61 bits per heavy atom. The van der Waals surface area contributed by atoms with E-state index in [1.807, 2.05) is 0 Å². The number of thiophene rings is 1. The van der Waals surface area contributed by atoms with Gasteiger partial charge in [-0.2, -0.15) is 9.41 Å². The van der Waals surface area contributed by atoms with E-state index in [2.05, 4.69) is 20.2 Å². The van der Waals surface area contributed by atoms with Crippen LogP contribution in [0.3, 0.4) is 0 Å². The zero-order valence-electron chi connectivity index (χ0n) is 19.1. The topological polar surface area (TPSA) is 147 Å². The van der Waals surface area contributed by atoms with E-state index >= 15 is 0 Å². The predicted molar refractivity (Wildman–Crippen MR) is 135 cm³/mol. The van der Waals surface area contributed by atoms with Crippen LogP contribution in [-0.2, 0) is 24.8 Å². The van der Waals surface area contributed by atoms with Crippen molar-refractivity contribution in [1.29, 1.82) is 0 Å². The first kappa shape index (κ1) is 25.9. The van der Waals surface area contributed by atoms with Crippen molar-refractivity contribution in [3.63, 3.8) is 0 Å². The average molecular weight is 550 g/mol. The summed E-state index contributed by atoms with van der Waals surface area (Å²) >= 11 is 1.05. The van der Waals surface area contributed by atoms with Crippen molar-refractivity contribution in [3.8, 4) is 0 Å². The maximum Gasteiger partial charge on any atom is 0.275 e. The normalized spacial score (nSPS) is 15.4. The van der Waals surface area contributed by atoms with Gasteiger partial charge in [-0.1, -0.05) is 18.2 Å². The van der Waals surface area contributed by atoms with Gasteiger partial charge < -0.3 is 4.74 Å². The molecule has 0 unspecified atom stereocenters. The third-order valence-electron chi connectivity index (χ3n) is 5.25. The van der Waals surface area contributed by atoms with Crippen LogP contribution in [0.4, 0.5) is 5.69 Å². The smallest absolute Gasteiger partial charge is 0.275 e. The van der Waals surface area contributed by atoms with Crippen molar-refractivity contribution < 1.29 is 26.4 Å². The first-order valence-corrected chi connectivity index (χ1v) is 14.5. The van der Waals surface area contributed by atoms with Crippen molar-refractivity contribution in [3.05, 3.63) is 71.4 Å². The number of hydrogen-bond acceptors (Lipinski definition) is 9. The highest BCUT2D eigenvalue weighted by Gasteiger charge is 2.26. The molecule has 1 aromatic carbocycles. The summed E-state index contributed by atoms with van der Waals surface area (Å²) in [6, 6.07) is 10.7. The molecule has 14 heteroatoms. The number of rotatable bonds is 8. The number of morpholine rings is 1. The number of hydrogen-bond donors (Lipinski definition) is 2. The van der Waals surface area contributed by atoms with E-state index in [-0.39, 0.29) is 33.4 Å². The maximum absolute atomic E-state index is 12.9. The van der Waals surface area contributed by atoms with Crippen LogP contribution in [0.25, 0.3) is 0 Å². The lowest BCUT2D eigenvalue weighted by atomic mass is 10.1. The van der Waals surface area contributed by atoms with Gasteiger partial charge in [-0.05, 0) is 42.1 Å². The summed E-state index contributed by atoms with van der Waals surface area (Å²) in [5.74, 6) is -0.691. The molecule has 0 aliphatic carbocycles. The lowest BCUT2D eigenvalue weighted by molar-refractivity contribution is 0.0730. The fourth-order valence-electron chi connectivity index (χ4n) is 3.35. The van der Waals surface area contributed by atoms with Crippen LogP contribution < -0.4 is 10.1 Å². The van der Waals surface area contributed by atoms with Crippen molar-refractivity contribution in [1.82, 2.24) is 14.7 Å². The largest absolute Gasteiger partial charge is 0.379 e. The highest BCUT2D eigenvalue weighted by molar-refractivity contribution is 7.94. The Morgan fingerprint density at radius 1 is 1.11 bits per heavy atom. The first-order chi connectivity index (χ1) is 17.2. The second-order valence-electron chi connectivity index (χ2n) is 7.64. The Morgan fingerprint density at radius 2 is 1.89 bits per heavy atom. The fourth-order valence-corrected chi connectivity index (χ4v) is 6.88. The minimum atomic E-state index is -3.87. The lowest BCUT2D eigenvalue weighted by Crippen LogP contribution is -2.40. The molecular formula is C22H23N5O6S3. The number of carbonyl (C=O) groups excluding carboxylic acids is 1. The standard InChI is InChI=1S/C22H23N5O6S3/c1-16(17-4-2-5-18(14-17)36(31,32)27-9-11-33-12-10-27)24-25-22(28)19-15-23-8-7-20(19)26-35(29,30)21-6-3-13-34-21/h2-8,13-15H,9-12H2,1H3,(H,23,26)(H,25,28). The Hall–Kier alpha value is -3.17. The quantitative estimate of drug-likeness (QED) is 0.323. The van der Waals surface area contributed by atoms with Gasteiger partial charge in [0.2, 0.25) is 10.0 Å². The summed E-state index contributed by atoms with van der Waals surface area (Å²) in [5.41, 5.74) is 3.24. The molecule has 1 aliphatic rings. The molecule has 0 atom stereocenters. The highest BCUT2D eigenvalue weighted by Crippen LogP contribution is 2.23. The number of benzene rings is 1. The summed E-state index contributed by atoms with van der Waals surface area (Å²) in [6.07, 6.45) is 2.58. The number of amides is 1. The van der Waals surface area contributed by atoms with Gasteiger partial charge in [0.05, 0.1) is 35.1 Å². The predicted octanol–water partition coefficient (Wildman–Crippen LogP) is 2.12.